The lowest BCUT2D eigenvalue weighted by Crippen LogP contribution is -1.93. The van der Waals surface area contributed by atoms with Crippen LogP contribution in [0.2, 0.25) is 10.4 Å². The zero-order chi connectivity index (χ0) is 8.43. The van der Waals surface area contributed by atoms with Gasteiger partial charge in [-0.1, -0.05) is 25.4 Å². The van der Waals surface area contributed by atoms with Crippen molar-refractivity contribution < 1.29 is 0 Å². The van der Waals surface area contributed by atoms with Crippen LogP contribution in [0.1, 0.15) is 25.3 Å². The molecule has 4 heteroatoms. The molecule has 0 amide bonds. The molecule has 1 aromatic rings. The molecular weight excluding hydrogens is 183 g/mol. The summed E-state index contributed by atoms with van der Waals surface area (Å²) in [5.74, 6) is 0.333. The Morgan fingerprint density at radius 3 is 2.45 bits per heavy atom. The molecule has 60 valence electrons. The molecule has 0 aromatic carbocycles. The topological polar surface area (TPSA) is 25.8 Å². The Kier molecular flexibility index (Phi) is 2.68. The van der Waals surface area contributed by atoms with E-state index in [9.17, 15) is 0 Å². The van der Waals surface area contributed by atoms with Gasteiger partial charge in [-0.2, -0.15) is 0 Å². The normalized spacial score (nSPS) is 10.6. The van der Waals surface area contributed by atoms with E-state index in [-0.39, 0.29) is 5.28 Å². The Balaban J connectivity index is 3.09. The SMILES string of the molecule is CC(C)c1cnc(Cl)nc1Cl. The van der Waals surface area contributed by atoms with Gasteiger partial charge in [-0.15, -0.1) is 0 Å². The summed E-state index contributed by atoms with van der Waals surface area (Å²) < 4.78 is 0. The van der Waals surface area contributed by atoms with Crippen molar-refractivity contribution in [1.29, 1.82) is 0 Å². The zero-order valence-electron chi connectivity index (χ0n) is 6.31. The molecule has 11 heavy (non-hydrogen) atoms. The first-order valence-electron chi connectivity index (χ1n) is 3.29. The van der Waals surface area contributed by atoms with E-state index in [2.05, 4.69) is 9.97 Å². The van der Waals surface area contributed by atoms with Crippen LogP contribution in [-0.4, -0.2) is 9.97 Å². The maximum absolute atomic E-state index is 5.79. The largest absolute Gasteiger partial charge is 0.226 e. The minimum absolute atomic E-state index is 0.194. The first-order valence-corrected chi connectivity index (χ1v) is 4.04. The van der Waals surface area contributed by atoms with E-state index in [4.69, 9.17) is 23.2 Å². The number of nitrogens with zero attached hydrogens (tertiary/aromatic N) is 2. The minimum atomic E-state index is 0.194. The van der Waals surface area contributed by atoms with Gasteiger partial charge in [-0.05, 0) is 17.5 Å². The number of aromatic nitrogens is 2. The predicted molar refractivity (Wildman–Crippen MR) is 46.1 cm³/mol. The lowest BCUT2D eigenvalue weighted by atomic mass is 10.1. The minimum Gasteiger partial charge on any atom is -0.226 e. The van der Waals surface area contributed by atoms with Crippen LogP contribution in [0.4, 0.5) is 0 Å². The summed E-state index contributed by atoms with van der Waals surface area (Å²) in [7, 11) is 0. The quantitative estimate of drug-likeness (QED) is 0.503. The highest BCUT2D eigenvalue weighted by Gasteiger charge is 2.06. The van der Waals surface area contributed by atoms with Gasteiger partial charge in [0.2, 0.25) is 5.28 Å². The Bertz CT molecular complexity index is 261. The average Bonchev–Trinajstić information content (AvgIpc) is 1.85. The predicted octanol–water partition coefficient (Wildman–Crippen LogP) is 2.91. The smallest absolute Gasteiger partial charge is 0.223 e. The van der Waals surface area contributed by atoms with Crippen LogP contribution >= 0.6 is 23.2 Å². The fraction of sp³-hybridized carbons (Fsp3) is 0.429. The van der Waals surface area contributed by atoms with Gasteiger partial charge in [0.05, 0.1) is 0 Å². The van der Waals surface area contributed by atoms with Crippen molar-refractivity contribution in [3.63, 3.8) is 0 Å². The van der Waals surface area contributed by atoms with E-state index in [0.29, 0.717) is 11.1 Å². The zero-order valence-corrected chi connectivity index (χ0v) is 7.82. The van der Waals surface area contributed by atoms with E-state index in [1.807, 2.05) is 13.8 Å². The molecule has 0 unspecified atom stereocenters. The molecule has 0 fully saturated rings. The number of hydrogen-bond acceptors (Lipinski definition) is 2. The highest BCUT2D eigenvalue weighted by Crippen LogP contribution is 2.21. The van der Waals surface area contributed by atoms with Gasteiger partial charge >= 0.3 is 0 Å². The second-order valence-corrected chi connectivity index (χ2v) is 3.24. The lowest BCUT2D eigenvalue weighted by molar-refractivity contribution is 0.846. The molecule has 0 radical (unpaired) electrons. The maximum Gasteiger partial charge on any atom is 0.223 e. The van der Waals surface area contributed by atoms with E-state index < -0.39 is 0 Å². The molecule has 1 aromatic heterocycles. The highest BCUT2D eigenvalue weighted by molar-refractivity contribution is 6.32. The van der Waals surface area contributed by atoms with Crippen LogP contribution in [0, 0.1) is 0 Å². The Morgan fingerprint density at radius 1 is 1.36 bits per heavy atom. The Hall–Kier alpha value is -0.340. The van der Waals surface area contributed by atoms with Crippen LogP contribution in [0.5, 0.6) is 0 Å². The summed E-state index contributed by atoms with van der Waals surface area (Å²) in [6.45, 7) is 4.05. The number of halogens is 2. The molecule has 0 aliphatic rings. The summed E-state index contributed by atoms with van der Waals surface area (Å²) in [6.07, 6.45) is 1.66. The number of hydrogen-bond donors (Lipinski definition) is 0. The molecule has 0 aliphatic heterocycles. The molecule has 2 nitrogen and oxygen atoms in total. The fourth-order valence-electron chi connectivity index (χ4n) is 0.738. The third kappa shape index (κ3) is 2.04. The molecule has 1 rings (SSSR count). The molecule has 1 heterocycles. The standard InChI is InChI=1S/C7H8Cl2N2/c1-4(2)5-3-10-7(9)11-6(5)8/h3-4H,1-2H3. The first-order chi connectivity index (χ1) is 5.11. The van der Waals surface area contributed by atoms with Gasteiger partial charge in [0.25, 0.3) is 0 Å². The van der Waals surface area contributed by atoms with E-state index in [1.54, 1.807) is 6.20 Å². The van der Waals surface area contributed by atoms with Gasteiger partial charge in [0, 0.05) is 11.8 Å². The van der Waals surface area contributed by atoms with Crippen molar-refractivity contribution in [2.24, 2.45) is 0 Å². The van der Waals surface area contributed by atoms with E-state index in [1.165, 1.54) is 0 Å². The van der Waals surface area contributed by atoms with Crippen molar-refractivity contribution in [1.82, 2.24) is 9.97 Å². The Morgan fingerprint density at radius 2 is 2.00 bits per heavy atom. The third-order valence-corrected chi connectivity index (χ3v) is 1.85. The van der Waals surface area contributed by atoms with Crippen LogP contribution in [0.15, 0.2) is 6.20 Å². The average molecular weight is 191 g/mol. The second kappa shape index (κ2) is 3.37. The summed E-state index contributed by atoms with van der Waals surface area (Å²) in [6, 6.07) is 0. The molecule has 0 spiro atoms. The van der Waals surface area contributed by atoms with Gasteiger partial charge in [0.1, 0.15) is 5.15 Å². The van der Waals surface area contributed by atoms with Crippen molar-refractivity contribution in [2.75, 3.05) is 0 Å². The molecule has 0 aliphatic carbocycles. The van der Waals surface area contributed by atoms with Gasteiger partial charge in [-0.3, -0.25) is 0 Å². The van der Waals surface area contributed by atoms with Crippen LogP contribution < -0.4 is 0 Å². The molecule has 0 bridgehead atoms. The van der Waals surface area contributed by atoms with Crippen molar-refractivity contribution in [3.8, 4) is 0 Å². The molecule has 0 saturated heterocycles. The van der Waals surface area contributed by atoms with E-state index in [0.717, 1.165) is 5.56 Å². The lowest BCUT2D eigenvalue weighted by Gasteiger charge is -2.04. The maximum atomic E-state index is 5.79. The van der Waals surface area contributed by atoms with Crippen LogP contribution in [-0.2, 0) is 0 Å². The molecule has 0 atom stereocenters. The van der Waals surface area contributed by atoms with Crippen LogP contribution in [0.25, 0.3) is 0 Å². The Labute approximate surface area is 75.6 Å². The van der Waals surface area contributed by atoms with Crippen LogP contribution in [0.3, 0.4) is 0 Å². The second-order valence-electron chi connectivity index (χ2n) is 2.54. The summed E-state index contributed by atoms with van der Waals surface area (Å²) in [5, 5.41) is 0.638. The number of rotatable bonds is 1. The van der Waals surface area contributed by atoms with Gasteiger partial charge in [-0.25, -0.2) is 9.97 Å². The summed E-state index contributed by atoms with van der Waals surface area (Å²) >= 11 is 11.3. The van der Waals surface area contributed by atoms with Gasteiger partial charge in [0.15, 0.2) is 0 Å². The monoisotopic (exact) mass is 190 g/mol. The fourth-order valence-corrected chi connectivity index (χ4v) is 1.26. The molecule has 0 saturated carbocycles. The first kappa shape index (κ1) is 8.75. The van der Waals surface area contributed by atoms with Gasteiger partial charge < -0.3 is 0 Å². The molecule has 0 N–H and O–H groups in total. The highest BCUT2D eigenvalue weighted by atomic mass is 35.5. The van der Waals surface area contributed by atoms with E-state index >= 15 is 0 Å². The van der Waals surface area contributed by atoms with Crippen molar-refractivity contribution in [3.05, 3.63) is 22.2 Å². The van der Waals surface area contributed by atoms with Crippen molar-refractivity contribution in [2.45, 2.75) is 19.8 Å². The third-order valence-electron chi connectivity index (χ3n) is 1.36. The summed E-state index contributed by atoms with van der Waals surface area (Å²) in [5.41, 5.74) is 0.927. The molecular formula is C7H8Cl2N2. The summed E-state index contributed by atoms with van der Waals surface area (Å²) in [4.78, 5) is 7.65. The van der Waals surface area contributed by atoms with Crippen molar-refractivity contribution >= 4 is 23.2 Å².